The van der Waals surface area contributed by atoms with Gasteiger partial charge < -0.3 is 34.6 Å². The minimum Gasteiger partial charge on any atom is -0.497 e. The number of hydrogen-bond acceptors (Lipinski definition) is 10. The van der Waals surface area contributed by atoms with Crippen LogP contribution in [0.2, 0.25) is 19.6 Å². The topological polar surface area (TPSA) is 173 Å². The number of ether oxygens (including phenoxy) is 3. The van der Waals surface area contributed by atoms with Gasteiger partial charge in [-0.1, -0.05) is 43.6 Å². The highest BCUT2D eigenvalue weighted by Gasteiger charge is 2.43. The largest absolute Gasteiger partial charge is 0.497 e. The van der Waals surface area contributed by atoms with Crippen molar-refractivity contribution in [3.05, 3.63) is 58.7 Å². The van der Waals surface area contributed by atoms with E-state index in [0.717, 1.165) is 11.1 Å². The Bertz CT molecular complexity index is 1780. The average Bonchev–Trinajstić information content (AvgIpc) is 3.74. The number of esters is 1. The molecule has 14 nitrogen and oxygen atoms in total. The van der Waals surface area contributed by atoms with Gasteiger partial charge in [-0.15, -0.1) is 12.0 Å². The van der Waals surface area contributed by atoms with Crippen molar-refractivity contribution in [2.45, 2.75) is 43.8 Å². The molecule has 3 aliphatic heterocycles. The van der Waals surface area contributed by atoms with Crippen LogP contribution in [0.3, 0.4) is 0 Å². The van der Waals surface area contributed by atoms with E-state index in [-0.39, 0.29) is 37.1 Å². The Balaban J connectivity index is 0.000000255. The van der Waals surface area contributed by atoms with E-state index < -0.39 is 25.1 Å². The van der Waals surface area contributed by atoms with Crippen LogP contribution in [-0.4, -0.2) is 107 Å². The molecular weight excluding hydrogens is 662 g/mol. The van der Waals surface area contributed by atoms with Crippen LogP contribution in [0.15, 0.2) is 36.4 Å². The second kappa shape index (κ2) is 16.2. The van der Waals surface area contributed by atoms with Crippen molar-refractivity contribution in [3.63, 3.8) is 0 Å². The molecular formula is C35H41N5O9Si. The molecule has 3 aliphatic rings. The zero-order valence-electron chi connectivity index (χ0n) is 29.1. The molecule has 15 heteroatoms. The van der Waals surface area contributed by atoms with Gasteiger partial charge >= 0.3 is 18.2 Å². The Morgan fingerprint density at radius 2 is 1.48 bits per heavy atom. The van der Waals surface area contributed by atoms with Crippen molar-refractivity contribution in [1.29, 1.82) is 0 Å². The molecule has 0 spiro atoms. The standard InChI is InChI=1S/C19H26N2O4Si.C15H15N3O3.CO2/c1-20-19(18(23)25-3,9-10-26(4,5)6)13-21-12-14-7-8-15(24-2)11-16(14)17(21)22;1-3-15(8-16-14(20)17-15)9-18-7-10-4-5-11(21-2)6-12(10)13(18)19;2-1-3/h7-8,11,20H,12-13H2,1-6H3;1,4-6H,7-9H2,2H3,(H2,16,17,20);/t19-;15-;/m10./s1. The quantitative estimate of drug-likeness (QED) is 0.207. The molecule has 2 aromatic carbocycles. The van der Waals surface area contributed by atoms with E-state index in [0.29, 0.717) is 42.3 Å². The number of fused-ring (bicyclic) bond motifs is 2. The van der Waals surface area contributed by atoms with Crippen LogP contribution in [0.5, 0.6) is 11.5 Å². The van der Waals surface area contributed by atoms with E-state index in [1.165, 1.54) is 7.11 Å². The van der Waals surface area contributed by atoms with E-state index in [2.05, 4.69) is 53.0 Å². The van der Waals surface area contributed by atoms with E-state index in [1.807, 2.05) is 24.3 Å². The first-order valence-corrected chi connectivity index (χ1v) is 18.9. The number of nitrogens with one attached hydrogen (secondary N) is 3. The highest BCUT2D eigenvalue weighted by Crippen LogP contribution is 2.29. The zero-order chi connectivity index (χ0) is 37.3. The Morgan fingerprint density at radius 1 is 0.960 bits per heavy atom. The van der Waals surface area contributed by atoms with Crippen LogP contribution < -0.4 is 25.4 Å². The molecule has 3 N–H and O–H groups in total. The number of amides is 4. The van der Waals surface area contributed by atoms with Crippen LogP contribution in [0.25, 0.3) is 0 Å². The van der Waals surface area contributed by atoms with Gasteiger partial charge in [0.1, 0.15) is 25.1 Å². The Morgan fingerprint density at radius 3 is 1.90 bits per heavy atom. The summed E-state index contributed by atoms with van der Waals surface area (Å²) in [5.74, 6) is 6.21. The lowest BCUT2D eigenvalue weighted by molar-refractivity contribution is -0.191. The smallest absolute Gasteiger partial charge is 0.373 e. The van der Waals surface area contributed by atoms with Crippen molar-refractivity contribution in [2.75, 3.05) is 48.0 Å². The number of carbonyl (C=O) groups excluding carboxylic acids is 6. The van der Waals surface area contributed by atoms with Gasteiger partial charge in [-0.2, -0.15) is 9.59 Å². The summed E-state index contributed by atoms with van der Waals surface area (Å²) >= 11 is 0. The number of methoxy groups -OCH3 is 3. The summed E-state index contributed by atoms with van der Waals surface area (Å²) in [6.07, 6.45) is 5.79. The zero-order valence-corrected chi connectivity index (χ0v) is 30.1. The number of hydrogen-bond donors (Lipinski definition) is 3. The van der Waals surface area contributed by atoms with Crippen LogP contribution in [0, 0.1) is 23.8 Å². The Kier molecular flexibility index (Phi) is 12.6. The SMILES string of the molecule is C#C[C@@]1(CN2Cc3ccc(OC)cc3C2=O)CNC(=O)N1.CN[C@](C#C[Si](C)(C)C)(CN1Cc2ccc(OC)cc2C1=O)C(=O)OC.O=C=O. The fourth-order valence-corrected chi connectivity index (χ4v) is 6.02. The van der Waals surface area contributed by atoms with Gasteiger partial charge in [0, 0.05) is 24.2 Å². The number of rotatable bonds is 8. The minimum absolute atomic E-state index is 0.0975. The lowest BCUT2D eigenvalue weighted by Crippen LogP contribution is -2.57. The number of nitrogens with zero attached hydrogens (tertiary/aromatic N) is 2. The van der Waals surface area contributed by atoms with E-state index in [4.69, 9.17) is 30.2 Å². The van der Waals surface area contributed by atoms with Gasteiger partial charge in [-0.25, -0.2) is 9.59 Å². The molecule has 4 amide bonds. The second-order valence-corrected chi connectivity index (χ2v) is 17.4. The number of urea groups is 1. The lowest BCUT2D eigenvalue weighted by atomic mass is 10.0. The van der Waals surface area contributed by atoms with Crippen molar-refractivity contribution < 1.29 is 43.0 Å². The lowest BCUT2D eigenvalue weighted by Gasteiger charge is -2.30. The first-order chi connectivity index (χ1) is 23.6. The second-order valence-electron chi connectivity index (χ2n) is 12.6. The first kappa shape index (κ1) is 38.8. The third-order valence-electron chi connectivity index (χ3n) is 8.07. The third kappa shape index (κ3) is 8.89. The molecule has 2 atom stereocenters. The van der Waals surface area contributed by atoms with Gasteiger partial charge in [-0.3, -0.25) is 14.9 Å². The third-order valence-corrected chi connectivity index (χ3v) is 8.95. The maximum atomic E-state index is 12.8. The van der Waals surface area contributed by atoms with E-state index in [9.17, 15) is 19.2 Å². The molecule has 5 rings (SSSR count). The fourth-order valence-electron chi connectivity index (χ4n) is 5.43. The summed E-state index contributed by atoms with van der Waals surface area (Å²) < 4.78 is 15.3. The van der Waals surface area contributed by atoms with Gasteiger partial charge in [0.25, 0.3) is 11.8 Å². The molecule has 50 heavy (non-hydrogen) atoms. The number of carbonyl (C=O) groups is 4. The van der Waals surface area contributed by atoms with Crippen LogP contribution in [-0.2, 0) is 32.2 Å². The molecule has 0 aliphatic carbocycles. The predicted octanol–water partition coefficient (Wildman–Crippen LogP) is 1.42. The number of likely N-dealkylation sites (N-methyl/N-ethyl adjacent to an activating group) is 1. The highest BCUT2D eigenvalue weighted by molar-refractivity contribution is 6.83. The van der Waals surface area contributed by atoms with Crippen molar-refractivity contribution in [3.8, 4) is 35.3 Å². The van der Waals surface area contributed by atoms with Crippen LogP contribution >= 0.6 is 0 Å². The molecule has 0 radical (unpaired) electrons. The van der Waals surface area contributed by atoms with Crippen LogP contribution in [0.4, 0.5) is 4.79 Å². The maximum Gasteiger partial charge on any atom is 0.373 e. The molecule has 0 unspecified atom stereocenters. The van der Waals surface area contributed by atoms with Crippen molar-refractivity contribution in [2.24, 2.45) is 0 Å². The van der Waals surface area contributed by atoms with Gasteiger partial charge in [0.2, 0.25) is 0 Å². The van der Waals surface area contributed by atoms with Gasteiger partial charge in [-0.05, 0) is 42.4 Å². The van der Waals surface area contributed by atoms with E-state index >= 15 is 0 Å². The predicted molar refractivity (Wildman–Crippen MR) is 184 cm³/mol. The summed E-state index contributed by atoms with van der Waals surface area (Å²) in [4.78, 5) is 68.7. The molecule has 0 saturated carbocycles. The van der Waals surface area contributed by atoms with Gasteiger partial charge in [0.15, 0.2) is 5.54 Å². The summed E-state index contributed by atoms with van der Waals surface area (Å²) in [5, 5.41) is 8.34. The molecule has 264 valence electrons. The fraction of sp³-hybridized carbons (Fsp3) is 0.400. The molecule has 1 saturated heterocycles. The monoisotopic (exact) mass is 703 g/mol. The van der Waals surface area contributed by atoms with E-state index in [1.54, 1.807) is 43.2 Å². The number of terminal acetylenes is 1. The van der Waals surface area contributed by atoms with Crippen LogP contribution in [0.1, 0.15) is 31.8 Å². The summed E-state index contributed by atoms with van der Waals surface area (Å²) in [6.45, 7) is 7.90. The number of benzene rings is 2. The van der Waals surface area contributed by atoms with Gasteiger partial charge in [0.05, 0.1) is 41.0 Å². The maximum absolute atomic E-state index is 12.8. The molecule has 0 aromatic heterocycles. The van der Waals surface area contributed by atoms with Crippen molar-refractivity contribution in [1.82, 2.24) is 25.8 Å². The molecule has 3 heterocycles. The molecule has 2 aromatic rings. The summed E-state index contributed by atoms with van der Waals surface area (Å²) in [5.41, 5.74) is 4.18. The Hall–Kier alpha value is -5.60. The van der Waals surface area contributed by atoms with Crippen molar-refractivity contribution >= 4 is 38.0 Å². The molecule has 0 bridgehead atoms. The molecule has 1 fully saturated rings. The normalized spacial score (nSPS) is 18.1. The highest BCUT2D eigenvalue weighted by atomic mass is 28.3. The first-order valence-electron chi connectivity index (χ1n) is 15.4. The average molecular weight is 704 g/mol. The Labute approximate surface area is 292 Å². The minimum atomic E-state index is -1.72. The summed E-state index contributed by atoms with van der Waals surface area (Å²) in [6, 6.07) is 10.5. The summed E-state index contributed by atoms with van der Waals surface area (Å²) in [7, 11) is 4.39.